The molecule has 86 valence electrons. The third-order valence-corrected chi connectivity index (χ3v) is 2.64. The van der Waals surface area contributed by atoms with E-state index in [2.05, 4.69) is 12.2 Å². The molecule has 1 saturated heterocycles. The zero-order chi connectivity index (χ0) is 11.3. The van der Waals surface area contributed by atoms with Crippen molar-refractivity contribution >= 4 is 5.97 Å². The molecular formula is C11H19NO3. The smallest absolute Gasteiger partial charge is 0.330 e. The molecule has 4 nitrogen and oxygen atoms in total. The first-order valence-electron chi connectivity index (χ1n) is 5.34. The summed E-state index contributed by atoms with van der Waals surface area (Å²) in [5, 5.41) is 12.0. The second kappa shape index (κ2) is 5.88. The first kappa shape index (κ1) is 12.2. The SMILES string of the molecule is C/C(=C/CNC1CCOC(C)C1)C(=O)O. The van der Waals surface area contributed by atoms with E-state index in [1.54, 1.807) is 13.0 Å². The maximum absolute atomic E-state index is 10.5. The molecule has 0 aromatic carbocycles. The fourth-order valence-corrected chi connectivity index (χ4v) is 1.65. The van der Waals surface area contributed by atoms with Crippen LogP contribution in [0, 0.1) is 0 Å². The average molecular weight is 213 g/mol. The molecule has 0 saturated carbocycles. The number of aliphatic carboxylic acids is 1. The largest absolute Gasteiger partial charge is 0.478 e. The molecule has 0 aliphatic carbocycles. The molecule has 1 aliphatic rings. The van der Waals surface area contributed by atoms with E-state index in [0.717, 1.165) is 19.4 Å². The highest BCUT2D eigenvalue weighted by molar-refractivity contribution is 5.85. The lowest BCUT2D eigenvalue weighted by molar-refractivity contribution is -0.132. The van der Waals surface area contributed by atoms with E-state index in [1.165, 1.54) is 0 Å². The molecule has 0 aromatic rings. The van der Waals surface area contributed by atoms with Gasteiger partial charge in [0, 0.05) is 24.8 Å². The van der Waals surface area contributed by atoms with E-state index >= 15 is 0 Å². The molecule has 0 spiro atoms. The third-order valence-electron chi connectivity index (χ3n) is 2.64. The van der Waals surface area contributed by atoms with E-state index in [-0.39, 0.29) is 0 Å². The minimum Gasteiger partial charge on any atom is -0.478 e. The molecule has 1 heterocycles. The van der Waals surface area contributed by atoms with Gasteiger partial charge >= 0.3 is 5.97 Å². The van der Waals surface area contributed by atoms with Crippen LogP contribution in [-0.2, 0) is 9.53 Å². The van der Waals surface area contributed by atoms with Gasteiger partial charge in [-0.05, 0) is 26.7 Å². The maximum Gasteiger partial charge on any atom is 0.330 e. The predicted molar refractivity (Wildman–Crippen MR) is 57.8 cm³/mol. The monoisotopic (exact) mass is 213 g/mol. The van der Waals surface area contributed by atoms with Crippen LogP contribution in [0.2, 0.25) is 0 Å². The van der Waals surface area contributed by atoms with Crippen molar-refractivity contribution in [2.45, 2.75) is 38.8 Å². The Balaban J connectivity index is 2.25. The Morgan fingerprint density at radius 3 is 3.00 bits per heavy atom. The van der Waals surface area contributed by atoms with Gasteiger partial charge in [-0.15, -0.1) is 0 Å². The molecule has 2 N–H and O–H groups in total. The van der Waals surface area contributed by atoms with Crippen LogP contribution in [0.5, 0.6) is 0 Å². The maximum atomic E-state index is 10.5. The van der Waals surface area contributed by atoms with Crippen LogP contribution in [0.1, 0.15) is 26.7 Å². The lowest BCUT2D eigenvalue weighted by Gasteiger charge is -2.27. The zero-order valence-corrected chi connectivity index (χ0v) is 9.32. The predicted octanol–water partition coefficient (Wildman–Crippen LogP) is 1.17. The minimum atomic E-state index is -0.850. The molecule has 15 heavy (non-hydrogen) atoms. The highest BCUT2D eigenvalue weighted by Gasteiger charge is 2.17. The Bertz CT molecular complexity index is 250. The van der Waals surface area contributed by atoms with Crippen LogP contribution in [0.25, 0.3) is 0 Å². The summed E-state index contributed by atoms with van der Waals surface area (Å²) in [4.78, 5) is 10.5. The lowest BCUT2D eigenvalue weighted by Crippen LogP contribution is -2.38. The molecule has 2 unspecified atom stereocenters. The van der Waals surface area contributed by atoms with Crippen molar-refractivity contribution < 1.29 is 14.6 Å². The van der Waals surface area contributed by atoms with Crippen molar-refractivity contribution in [1.82, 2.24) is 5.32 Å². The van der Waals surface area contributed by atoms with Crippen molar-refractivity contribution in [3.63, 3.8) is 0 Å². The highest BCUT2D eigenvalue weighted by atomic mass is 16.5. The van der Waals surface area contributed by atoms with Gasteiger partial charge in [0.05, 0.1) is 6.10 Å². The summed E-state index contributed by atoms with van der Waals surface area (Å²) in [5.74, 6) is -0.850. The molecule has 0 bridgehead atoms. The molecule has 0 aromatic heterocycles. The van der Waals surface area contributed by atoms with Crippen molar-refractivity contribution in [3.8, 4) is 0 Å². The van der Waals surface area contributed by atoms with Gasteiger partial charge in [-0.25, -0.2) is 4.79 Å². The molecule has 1 fully saturated rings. The van der Waals surface area contributed by atoms with E-state index < -0.39 is 5.97 Å². The number of rotatable bonds is 4. The fourth-order valence-electron chi connectivity index (χ4n) is 1.65. The molecule has 0 radical (unpaired) electrons. The summed E-state index contributed by atoms with van der Waals surface area (Å²) in [6.45, 7) is 5.08. The Morgan fingerprint density at radius 1 is 1.67 bits per heavy atom. The second-order valence-corrected chi connectivity index (χ2v) is 4.00. The van der Waals surface area contributed by atoms with Gasteiger partial charge in [0.1, 0.15) is 0 Å². The molecule has 1 aliphatic heterocycles. The topological polar surface area (TPSA) is 58.6 Å². The third kappa shape index (κ3) is 4.44. The quantitative estimate of drug-likeness (QED) is 0.688. The normalized spacial score (nSPS) is 27.7. The van der Waals surface area contributed by atoms with Gasteiger partial charge in [0.2, 0.25) is 0 Å². The van der Waals surface area contributed by atoms with Crippen LogP contribution in [0.15, 0.2) is 11.6 Å². The van der Waals surface area contributed by atoms with Gasteiger partial charge in [-0.1, -0.05) is 6.08 Å². The first-order valence-corrected chi connectivity index (χ1v) is 5.34. The number of ether oxygens (including phenoxy) is 1. The van der Waals surface area contributed by atoms with Crippen molar-refractivity contribution in [3.05, 3.63) is 11.6 Å². The van der Waals surface area contributed by atoms with E-state index in [1.807, 2.05) is 0 Å². The molecular weight excluding hydrogens is 194 g/mol. The summed E-state index contributed by atoms with van der Waals surface area (Å²) in [6.07, 6.45) is 4.02. The number of nitrogens with one attached hydrogen (secondary N) is 1. The lowest BCUT2D eigenvalue weighted by atomic mass is 10.0. The van der Waals surface area contributed by atoms with Crippen LogP contribution in [-0.4, -0.2) is 36.4 Å². The number of carbonyl (C=O) groups is 1. The first-order chi connectivity index (χ1) is 7.09. The average Bonchev–Trinajstić information content (AvgIpc) is 2.17. The zero-order valence-electron chi connectivity index (χ0n) is 9.32. The number of hydrogen-bond donors (Lipinski definition) is 2. The van der Waals surface area contributed by atoms with Gasteiger partial charge in [0.25, 0.3) is 0 Å². The second-order valence-electron chi connectivity index (χ2n) is 4.00. The molecule has 0 amide bonds. The van der Waals surface area contributed by atoms with Crippen LogP contribution >= 0.6 is 0 Å². The summed E-state index contributed by atoms with van der Waals surface area (Å²) in [6, 6.07) is 0.451. The van der Waals surface area contributed by atoms with E-state index in [4.69, 9.17) is 9.84 Å². The van der Waals surface area contributed by atoms with Crippen molar-refractivity contribution in [2.24, 2.45) is 0 Å². The van der Waals surface area contributed by atoms with Gasteiger partial charge in [-0.3, -0.25) is 0 Å². The van der Waals surface area contributed by atoms with E-state index in [9.17, 15) is 4.79 Å². The number of carboxylic acid groups (broad SMARTS) is 1. The summed E-state index contributed by atoms with van der Waals surface area (Å²) < 4.78 is 5.42. The Morgan fingerprint density at radius 2 is 2.40 bits per heavy atom. The number of carboxylic acids is 1. The van der Waals surface area contributed by atoms with Gasteiger partial charge < -0.3 is 15.2 Å². The molecule has 2 atom stereocenters. The Hall–Kier alpha value is -0.870. The molecule has 4 heteroatoms. The van der Waals surface area contributed by atoms with Gasteiger partial charge in [0.15, 0.2) is 0 Å². The van der Waals surface area contributed by atoms with E-state index in [0.29, 0.717) is 24.3 Å². The summed E-state index contributed by atoms with van der Waals surface area (Å²) in [7, 11) is 0. The van der Waals surface area contributed by atoms with Crippen molar-refractivity contribution in [1.29, 1.82) is 0 Å². The molecule has 1 rings (SSSR count). The number of hydrogen-bond acceptors (Lipinski definition) is 3. The van der Waals surface area contributed by atoms with Crippen LogP contribution in [0.4, 0.5) is 0 Å². The van der Waals surface area contributed by atoms with Gasteiger partial charge in [-0.2, -0.15) is 0 Å². The van der Waals surface area contributed by atoms with Crippen LogP contribution < -0.4 is 5.32 Å². The minimum absolute atomic E-state index is 0.306. The summed E-state index contributed by atoms with van der Waals surface area (Å²) in [5.41, 5.74) is 0.391. The summed E-state index contributed by atoms with van der Waals surface area (Å²) >= 11 is 0. The fraction of sp³-hybridized carbons (Fsp3) is 0.727. The Labute approximate surface area is 90.3 Å². The standard InChI is InChI=1S/C11H19NO3/c1-8(11(13)14)3-5-12-10-4-6-15-9(2)7-10/h3,9-10,12H,4-7H2,1-2H3,(H,13,14)/b8-3-. The Kier molecular flexibility index (Phi) is 4.78. The highest BCUT2D eigenvalue weighted by Crippen LogP contribution is 2.12. The van der Waals surface area contributed by atoms with Crippen LogP contribution in [0.3, 0.4) is 0 Å². The van der Waals surface area contributed by atoms with Crippen molar-refractivity contribution in [2.75, 3.05) is 13.2 Å².